The van der Waals surface area contributed by atoms with E-state index >= 15 is 0 Å². The minimum atomic E-state index is -0.507. The molecule has 1 aromatic heterocycles. The SMILES string of the molecule is CC(C)[C@H](N)C(=O)Nc1nc(-c2ccc3c(c2)CCC3)cs1. The van der Waals surface area contributed by atoms with E-state index < -0.39 is 6.04 Å². The van der Waals surface area contributed by atoms with Crippen LogP contribution in [0.3, 0.4) is 0 Å². The summed E-state index contributed by atoms with van der Waals surface area (Å²) in [4.78, 5) is 16.5. The number of aromatic nitrogens is 1. The predicted octanol–water partition coefficient (Wildman–Crippen LogP) is 3.22. The number of nitrogens with one attached hydrogen (secondary N) is 1. The van der Waals surface area contributed by atoms with E-state index in [9.17, 15) is 4.79 Å². The summed E-state index contributed by atoms with van der Waals surface area (Å²) >= 11 is 1.44. The summed E-state index contributed by atoms with van der Waals surface area (Å²) in [7, 11) is 0. The lowest BCUT2D eigenvalue weighted by Crippen LogP contribution is -2.39. The third-order valence-electron chi connectivity index (χ3n) is 4.15. The van der Waals surface area contributed by atoms with Crippen LogP contribution in [-0.4, -0.2) is 16.9 Å². The van der Waals surface area contributed by atoms with Crippen LogP contribution in [-0.2, 0) is 17.6 Å². The summed E-state index contributed by atoms with van der Waals surface area (Å²) in [5.74, 6) is -0.0685. The average Bonchev–Trinajstić information content (AvgIpc) is 3.13. The molecule has 3 rings (SSSR count). The number of fused-ring (bicyclic) bond motifs is 1. The van der Waals surface area contributed by atoms with E-state index in [1.165, 1.54) is 35.3 Å². The van der Waals surface area contributed by atoms with Crippen molar-refractivity contribution in [1.29, 1.82) is 0 Å². The maximum absolute atomic E-state index is 12.0. The van der Waals surface area contributed by atoms with Gasteiger partial charge >= 0.3 is 0 Å². The molecule has 1 aliphatic rings. The van der Waals surface area contributed by atoms with Crippen LogP contribution in [0.5, 0.6) is 0 Å². The minimum absolute atomic E-state index is 0.108. The first kappa shape index (κ1) is 15.2. The van der Waals surface area contributed by atoms with Crippen LogP contribution in [0.1, 0.15) is 31.4 Å². The molecule has 3 N–H and O–H groups in total. The second-order valence-corrected chi connectivity index (χ2v) is 6.99. The Balaban J connectivity index is 1.75. The first-order valence-electron chi connectivity index (χ1n) is 7.69. The van der Waals surface area contributed by atoms with Gasteiger partial charge in [0, 0.05) is 10.9 Å². The fraction of sp³-hybridized carbons (Fsp3) is 0.412. The van der Waals surface area contributed by atoms with Crippen molar-refractivity contribution in [2.75, 3.05) is 5.32 Å². The maximum atomic E-state index is 12.0. The molecule has 0 aliphatic heterocycles. The molecular weight excluding hydrogens is 294 g/mol. The first-order chi connectivity index (χ1) is 10.5. The van der Waals surface area contributed by atoms with Crippen molar-refractivity contribution >= 4 is 22.4 Å². The van der Waals surface area contributed by atoms with Crippen molar-refractivity contribution in [3.05, 3.63) is 34.7 Å². The summed E-state index contributed by atoms with van der Waals surface area (Å²) in [5.41, 5.74) is 10.8. The van der Waals surface area contributed by atoms with Crippen LogP contribution < -0.4 is 11.1 Å². The quantitative estimate of drug-likeness (QED) is 0.910. The molecule has 0 bridgehead atoms. The van der Waals surface area contributed by atoms with E-state index in [0.717, 1.165) is 17.7 Å². The summed E-state index contributed by atoms with van der Waals surface area (Å²) in [6, 6.07) is 6.03. The second kappa shape index (κ2) is 6.18. The number of rotatable bonds is 4. The molecule has 116 valence electrons. The van der Waals surface area contributed by atoms with Gasteiger partial charge in [-0.1, -0.05) is 26.0 Å². The number of benzene rings is 1. The van der Waals surface area contributed by atoms with Crippen LogP contribution in [0.4, 0.5) is 5.13 Å². The summed E-state index contributed by atoms with van der Waals surface area (Å²) in [5, 5.41) is 5.40. The number of thiazole rings is 1. The monoisotopic (exact) mass is 315 g/mol. The zero-order valence-corrected chi connectivity index (χ0v) is 13.7. The van der Waals surface area contributed by atoms with Gasteiger partial charge in [-0.05, 0) is 42.4 Å². The summed E-state index contributed by atoms with van der Waals surface area (Å²) in [6.07, 6.45) is 3.57. The average molecular weight is 315 g/mol. The molecule has 22 heavy (non-hydrogen) atoms. The number of hydrogen-bond acceptors (Lipinski definition) is 4. The molecule has 1 atom stereocenters. The fourth-order valence-corrected chi connectivity index (χ4v) is 3.41. The van der Waals surface area contributed by atoms with Gasteiger partial charge in [-0.15, -0.1) is 11.3 Å². The molecule has 1 aliphatic carbocycles. The molecule has 1 amide bonds. The van der Waals surface area contributed by atoms with Gasteiger partial charge in [0.2, 0.25) is 5.91 Å². The standard InChI is InChI=1S/C17H21N3OS/c1-10(2)15(18)16(21)20-17-19-14(9-22-17)13-7-6-11-4-3-5-12(11)8-13/h6-10,15H,3-5,18H2,1-2H3,(H,19,20,21)/t15-/m0/s1. The van der Waals surface area contributed by atoms with Gasteiger partial charge in [0.05, 0.1) is 11.7 Å². The fourth-order valence-electron chi connectivity index (χ4n) is 2.69. The normalized spacial score (nSPS) is 14.9. The zero-order chi connectivity index (χ0) is 15.7. The molecule has 1 heterocycles. The van der Waals surface area contributed by atoms with E-state index in [-0.39, 0.29) is 11.8 Å². The molecule has 0 fully saturated rings. The summed E-state index contributed by atoms with van der Waals surface area (Å²) < 4.78 is 0. The van der Waals surface area contributed by atoms with E-state index in [0.29, 0.717) is 5.13 Å². The van der Waals surface area contributed by atoms with Crippen LogP contribution >= 0.6 is 11.3 Å². The van der Waals surface area contributed by atoms with Crippen molar-refractivity contribution in [2.24, 2.45) is 11.7 Å². The zero-order valence-electron chi connectivity index (χ0n) is 12.9. The van der Waals surface area contributed by atoms with Crippen molar-refractivity contribution in [2.45, 2.75) is 39.2 Å². The molecule has 0 saturated heterocycles. The number of nitrogens with zero attached hydrogens (tertiary/aromatic N) is 1. The molecule has 0 spiro atoms. The smallest absolute Gasteiger partial charge is 0.243 e. The molecule has 4 nitrogen and oxygen atoms in total. The van der Waals surface area contributed by atoms with Crippen LogP contribution in [0.2, 0.25) is 0 Å². The lowest BCUT2D eigenvalue weighted by molar-refractivity contribution is -0.118. The predicted molar refractivity (Wildman–Crippen MR) is 91.0 cm³/mol. The largest absolute Gasteiger partial charge is 0.320 e. The Bertz CT molecular complexity index is 693. The van der Waals surface area contributed by atoms with Crippen molar-refractivity contribution in [3.8, 4) is 11.3 Å². The first-order valence-corrected chi connectivity index (χ1v) is 8.56. The second-order valence-electron chi connectivity index (χ2n) is 6.13. The Hall–Kier alpha value is -1.72. The number of carbonyl (C=O) groups is 1. The topological polar surface area (TPSA) is 68.0 Å². The van der Waals surface area contributed by atoms with Gasteiger partial charge in [-0.3, -0.25) is 4.79 Å². The van der Waals surface area contributed by atoms with Crippen LogP contribution in [0, 0.1) is 5.92 Å². The van der Waals surface area contributed by atoms with Gasteiger partial charge in [-0.2, -0.15) is 0 Å². The lowest BCUT2D eigenvalue weighted by Gasteiger charge is -2.13. The Morgan fingerprint density at radius 3 is 2.86 bits per heavy atom. The Labute approximate surface area is 134 Å². The van der Waals surface area contributed by atoms with Gasteiger partial charge < -0.3 is 11.1 Å². The molecular formula is C17H21N3OS. The van der Waals surface area contributed by atoms with Crippen LogP contribution in [0.15, 0.2) is 23.6 Å². The molecule has 0 unspecified atom stereocenters. The molecule has 2 aromatic rings. The number of amides is 1. The van der Waals surface area contributed by atoms with Crippen LogP contribution in [0.25, 0.3) is 11.3 Å². The summed E-state index contributed by atoms with van der Waals surface area (Å²) in [6.45, 7) is 3.87. The van der Waals surface area contributed by atoms with E-state index in [2.05, 4.69) is 28.5 Å². The number of aryl methyl sites for hydroxylation is 2. The maximum Gasteiger partial charge on any atom is 0.243 e. The third-order valence-corrected chi connectivity index (χ3v) is 4.91. The highest BCUT2D eigenvalue weighted by Gasteiger charge is 2.19. The van der Waals surface area contributed by atoms with Gasteiger partial charge in [0.1, 0.15) is 0 Å². The third kappa shape index (κ3) is 3.05. The van der Waals surface area contributed by atoms with Gasteiger partial charge in [0.15, 0.2) is 5.13 Å². The molecule has 0 radical (unpaired) electrons. The van der Waals surface area contributed by atoms with E-state index in [4.69, 9.17) is 5.73 Å². The molecule has 0 saturated carbocycles. The number of carbonyl (C=O) groups excluding carboxylic acids is 1. The van der Waals surface area contributed by atoms with Crippen molar-refractivity contribution < 1.29 is 4.79 Å². The van der Waals surface area contributed by atoms with E-state index in [1.807, 2.05) is 19.2 Å². The lowest BCUT2D eigenvalue weighted by atomic mass is 10.1. The van der Waals surface area contributed by atoms with E-state index in [1.54, 1.807) is 0 Å². The Morgan fingerprint density at radius 1 is 1.32 bits per heavy atom. The minimum Gasteiger partial charge on any atom is -0.320 e. The number of nitrogens with two attached hydrogens (primary N) is 1. The highest BCUT2D eigenvalue weighted by atomic mass is 32.1. The number of anilines is 1. The Morgan fingerprint density at radius 2 is 2.09 bits per heavy atom. The van der Waals surface area contributed by atoms with Gasteiger partial charge in [0.25, 0.3) is 0 Å². The van der Waals surface area contributed by atoms with Crippen molar-refractivity contribution in [1.82, 2.24) is 4.98 Å². The van der Waals surface area contributed by atoms with Gasteiger partial charge in [-0.25, -0.2) is 4.98 Å². The highest BCUT2D eigenvalue weighted by molar-refractivity contribution is 7.14. The molecule has 1 aromatic carbocycles. The van der Waals surface area contributed by atoms with Crippen molar-refractivity contribution in [3.63, 3.8) is 0 Å². The highest BCUT2D eigenvalue weighted by Crippen LogP contribution is 2.30. The number of hydrogen-bond donors (Lipinski definition) is 2. The molecule has 5 heteroatoms. The Kier molecular flexibility index (Phi) is 4.27.